The van der Waals surface area contributed by atoms with Gasteiger partial charge in [0.1, 0.15) is 6.04 Å². The summed E-state index contributed by atoms with van der Waals surface area (Å²) in [6.07, 6.45) is 1.46. The highest BCUT2D eigenvalue weighted by molar-refractivity contribution is 6.01. The Morgan fingerprint density at radius 3 is 1.67 bits per heavy atom. The van der Waals surface area contributed by atoms with Crippen LogP contribution in [0.1, 0.15) is 60.8 Å². The lowest BCUT2D eigenvalue weighted by atomic mass is 9.99. The van der Waals surface area contributed by atoms with E-state index in [-0.39, 0.29) is 37.6 Å². The van der Waals surface area contributed by atoms with Gasteiger partial charge in [0.25, 0.3) is 0 Å². The van der Waals surface area contributed by atoms with Crippen LogP contribution in [-0.2, 0) is 19.2 Å². The second kappa shape index (κ2) is 13.7. The first-order valence-corrected chi connectivity index (χ1v) is 8.48. The number of amides is 2. The molecule has 140 valence electrons. The van der Waals surface area contributed by atoms with Gasteiger partial charge in [-0.2, -0.15) is 0 Å². The predicted octanol–water partition coefficient (Wildman–Crippen LogP) is 1.85. The van der Waals surface area contributed by atoms with Gasteiger partial charge in [0.15, 0.2) is 5.78 Å². The first-order chi connectivity index (χ1) is 11.2. The van der Waals surface area contributed by atoms with E-state index in [4.69, 9.17) is 5.11 Å². The molecule has 24 heavy (non-hydrogen) atoms. The van der Waals surface area contributed by atoms with Gasteiger partial charge in [-0.15, -0.1) is 0 Å². The quantitative estimate of drug-likeness (QED) is 0.661. The number of carbonyl (C=O) groups excluding carboxylic acids is 3. The van der Waals surface area contributed by atoms with Crippen molar-refractivity contribution in [3.05, 3.63) is 0 Å². The summed E-state index contributed by atoms with van der Waals surface area (Å²) in [5.41, 5.74) is 0. The van der Waals surface area contributed by atoms with Crippen LogP contribution in [0.5, 0.6) is 0 Å². The third-order valence-electron chi connectivity index (χ3n) is 2.97. The summed E-state index contributed by atoms with van der Waals surface area (Å²) in [4.78, 5) is 47.7. The van der Waals surface area contributed by atoms with Crippen molar-refractivity contribution in [2.75, 3.05) is 13.1 Å². The van der Waals surface area contributed by atoms with E-state index < -0.39 is 23.8 Å². The van der Waals surface area contributed by atoms with Crippen LogP contribution in [0.4, 0.5) is 0 Å². The zero-order valence-corrected chi connectivity index (χ0v) is 15.7. The average Bonchev–Trinajstić information content (AvgIpc) is 2.52. The van der Waals surface area contributed by atoms with Gasteiger partial charge in [-0.1, -0.05) is 48.0 Å². The number of aliphatic carboxylic acids is 1. The molecule has 7 nitrogen and oxygen atoms in total. The first kappa shape index (κ1) is 24.5. The van der Waals surface area contributed by atoms with Crippen molar-refractivity contribution in [1.29, 1.82) is 0 Å². The van der Waals surface area contributed by atoms with Gasteiger partial charge in [-0.05, 0) is 0 Å². The van der Waals surface area contributed by atoms with Crippen LogP contribution in [0.15, 0.2) is 0 Å². The lowest BCUT2D eigenvalue weighted by molar-refractivity contribution is -0.152. The summed E-state index contributed by atoms with van der Waals surface area (Å²) in [5.74, 6) is -2.56. The number of carboxylic acid groups (broad SMARTS) is 1. The van der Waals surface area contributed by atoms with Crippen molar-refractivity contribution in [1.82, 2.24) is 10.2 Å². The van der Waals surface area contributed by atoms with Gasteiger partial charge in [-0.3, -0.25) is 24.1 Å². The normalized spacial score (nSPS) is 11.3. The maximum Gasteiger partial charge on any atom is 0.317 e. The highest BCUT2D eigenvalue weighted by Crippen LogP contribution is 2.11. The van der Waals surface area contributed by atoms with Crippen molar-refractivity contribution in [3.63, 3.8) is 0 Å². The summed E-state index contributed by atoms with van der Waals surface area (Å²) in [6, 6.07) is -0.968. The molecule has 2 N–H and O–H groups in total. The molecule has 0 saturated carbocycles. The average molecular weight is 344 g/mol. The zero-order valence-electron chi connectivity index (χ0n) is 15.7. The minimum atomic E-state index is -1.07. The van der Waals surface area contributed by atoms with Crippen molar-refractivity contribution in [3.8, 4) is 0 Å². The molecule has 1 unspecified atom stereocenters. The third kappa shape index (κ3) is 9.39. The second-order valence-electron chi connectivity index (χ2n) is 5.67. The standard InChI is InChI=1S/C14H24N2O5.C3H8/c1-5-11(17)16(12(18)6-2)10(14(21)9(3)4)7-15-8-13(19)20;1-3-2/h9-10,15H,5-8H2,1-4H3,(H,19,20);3H2,1-2H3. The molecular weight excluding hydrogens is 312 g/mol. The summed E-state index contributed by atoms with van der Waals surface area (Å²) < 4.78 is 0. The zero-order chi connectivity index (χ0) is 19.3. The Kier molecular flexibility index (Phi) is 13.9. The monoisotopic (exact) mass is 344 g/mol. The van der Waals surface area contributed by atoms with Crippen LogP contribution in [-0.4, -0.2) is 52.7 Å². The van der Waals surface area contributed by atoms with Crippen molar-refractivity contribution in [2.24, 2.45) is 5.92 Å². The SMILES string of the molecule is CCC.CCC(=O)N(C(=O)CC)C(CNCC(=O)O)C(=O)C(C)C. The third-order valence-corrected chi connectivity index (χ3v) is 2.97. The van der Waals surface area contributed by atoms with E-state index in [1.807, 2.05) is 0 Å². The van der Waals surface area contributed by atoms with Gasteiger partial charge in [0, 0.05) is 25.3 Å². The van der Waals surface area contributed by atoms with Crippen LogP contribution in [0.3, 0.4) is 0 Å². The van der Waals surface area contributed by atoms with Gasteiger partial charge >= 0.3 is 5.97 Å². The number of hydrogen-bond donors (Lipinski definition) is 2. The Morgan fingerprint density at radius 2 is 1.38 bits per heavy atom. The number of nitrogens with one attached hydrogen (secondary N) is 1. The maximum atomic E-state index is 12.3. The number of hydrogen-bond acceptors (Lipinski definition) is 5. The van der Waals surface area contributed by atoms with E-state index in [1.165, 1.54) is 6.42 Å². The largest absolute Gasteiger partial charge is 0.480 e. The predicted molar refractivity (Wildman–Crippen MR) is 92.5 cm³/mol. The molecule has 0 bridgehead atoms. The Hall–Kier alpha value is -1.76. The Bertz CT molecular complexity index is 405. The number of carbonyl (C=O) groups is 4. The highest BCUT2D eigenvalue weighted by Gasteiger charge is 2.33. The molecule has 0 aliphatic rings. The van der Waals surface area contributed by atoms with E-state index in [0.717, 1.165) is 4.90 Å². The summed E-state index contributed by atoms with van der Waals surface area (Å²) in [6.45, 7) is 10.4. The fourth-order valence-electron chi connectivity index (χ4n) is 1.85. The van der Waals surface area contributed by atoms with E-state index in [1.54, 1.807) is 27.7 Å². The molecule has 0 aliphatic heterocycles. The number of carboxylic acids is 1. The number of imide groups is 1. The minimum absolute atomic E-state index is 0.0548. The lowest BCUT2D eigenvalue weighted by Gasteiger charge is -2.30. The summed E-state index contributed by atoms with van der Waals surface area (Å²) in [5, 5.41) is 11.2. The van der Waals surface area contributed by atoms with Crippen LogP contribution in [0.25, 0.3) is 0 Å². The highest BCUT2D eigenvalue weighted by atomic mass is 16.4. The molecule has 7 heteroatoms. The van der Waals surface area contributed by atoms with E-state index in [0.29, 0.717) is 0 Å². The molecular formula is C17H32N2O5. The Balaban J connectivity index is 0. The van der Waals surface area contributed by atoms with Crippen LogP contribution in [0.2, 0.25) is 0 Å². The fourth-order valence-corrected chi connectivity index (χ4v) is 1.85. The fraction of sp³-hybridized carbons (Fsp3) is 0.765. The molecule has 0 aromatic rings. The van der Waals surface area contributed by atoms with Crippen LogP contribution >= 0.6 is 0 Å². The molecule has 0 saturated heterocycles. The van der Waals surface area contributed by atoms with Crippen molar-refractivity contribution >= 4 is 23.6 Å². The number of ketones is 1. The molecule has 0 heterocycles. The van der Waals surface area contributed by atoms with Gasteiger partial charge in [0.05, 0.1) is 6.54 Å². The van der Waals surface area contributed by atoms with Crippen molar-refractivity contribution in [2.45, 2.75) is 66.8 Å². The molecule has 0 rings (SSSR count). The number of rotatable bonds is 9. The van der Waals surface area contributed by atoms with Gasteiger partial charge in [-0.25, -0.2) is 0 Å². The number of Topliss-reactive ketones (excluding diaryl/α,β-unsaturated/α-hetero) is 1. The second-order valence-corrected chi connectivity index (χ2v) is 5.67. The molecule has 0 spiro atoms. The van der Waals surface area contributed by atoms with Gasteiger partial charge in [0.2, 0.25) is 11.8 Å². The molecule has 1 atom stereocenters. The first-order valence-electron chi connectivity index (χ1n) is 8.48. The van der Waals surface area contributed by atoms with Gasteiger partial charge < -0.3 is 10.4 Å². The molecule has 0 aliphatic carbocycles. The Labute approximate surface area is 144 Å². The van der Waals surface area contributed by atoms with Crippen LogP contribution in [0, 0.1) is 5.92 Å². The van der Waals surface area contributed by atoms with E-state index >= 15 is 0 Å². The topological polar surface area (TPSA) is 104 Å². The van der Waals surface area contributed by atoms with E-state index in [9.17, 15) is 19.2 Å². The molecule has 0 fully saturated rings. The smallest absolute Gasteiger partial charge is 0.317 e. The number of nitrogens with zero attached hydrogens (tertiary/aromatic N) is 1. The molecule has 0 aromatic heterocycles. The molecule has 2 amide bonds. The summed E-state index contributed by atoms with van der Waals surface area (Å²) in [7, 11) is 0. The lowest BCUT2D eigenvalue weighted by Crippen LogP contribution is -2.54. The Morgan fingerprint density at radius 1 is 0.958 bits per heavy atom. The summed E-state index contributed by atoms with van der Waals surface area (Å²) >= 11 is 0. The van der Waals surface area contributed by atoms with Crippen molar-refractivity contribution < 1.29 is 24.3 Å². The molecule has 0 radical (unpaired) electrons. The maximum absolute atomic E-state index is 12.3. The van der Waals surface area contributed by atoms with E-state index in [2.05, 4.69) is 19.2 Å². The minimum Gasteiger partial charge on any atom is -0.480 e. The molecule has 0 aromatic carbocycles. The van der Waals surface area contributed by atoms with Crippen LogP contribution < -0.4 is 5.32 Å².